The predicted molar refractivity (Wildman–Crippen MR) is 52.1 cm³/mol. The largest absolute Gasteiger partial charge is 0.321 e. The molecular weight excluding hydrogens is 164 g/mol. The third-order valence-corrected chi connectivity index (χ3v) is 2.04. The summed E-state index contributed by atoms with van der Waals surface area (Å²) in [5.41, 5.74) is 5.96. The summed E-state index contributed by atoms with van der Waals surface area (Å²) in [7, 11) is 0. The van der Waals surface area contributed by atoms with E-state index in [4.69, 9.17) is 5.73 Å². The van der Waals surface area contributed by atoms with Crippen LogP contribution < -0.4 is 5.73 Å². The van der Waals surface area contributed by atoms with Gasteiger partial charge in [0.1, 0.15) is 12.2 Å². The van der Waals surface area contributed by atoms with Crippen LogP contribution in [0.5, 0.6) is 0 Å². The average molecular weight is 182 g/mol. The monoisotopic (exact) mass is 182 g/mol. The summed E-state index contributed by atoms with van der Waals surface area (Å²) in [4.78, 5) is 0. The summed E-state index contributed by atoms with van der Waals surface area (Å²) in [5.74, 6) is 0.920. The fourth-order valence-corrected chi connectivity index (χ4v) is 1.40. The van der Waals surface area contributed by atoms with E-state index in [1.54, 1.807) is 6.33 Å². The molecule has 0 amide bonds. The summed E-state index contributed by atoms with van der Waals surface area (Å²) in [5, 5.41) is 7.92. The zero-order chi connectivity index (χ0) is 9.68. The molecule has 13 heavy (non-hydrogen) atoms. The molecule has 74 valence electrons. The highest BCUT2D eigenvalue weighted by molar-refractivity contribution is 4.93. The van der Waals surface area contributed by atoms with Gasteiger partial charge in [0.25, 0.3) is 0 Å². The maximum absolute atomic E-state index is 5.96. The van der Waals surface area contributed by atoms with Crippen LogP contribution in [0.1, 0.15) is 45.0 Å². The maximum atomic E-state index is 5.96. The van der Waals surface area contributed by atoms with Gasteiger partial charge in [-0.15, -0.1) is 10.2 Å². The second kappa shape index (κ2) is 4.97. The van der Waals surface area contributed by atoms with Crippen molar-refractivity contribution in [3.63, 3.8) is 0 Å². The summed E-state index contributed by atoms with van der Waals surface area (Å²) in [6.45, 7) is 5.22. The van der Waals surface area contributed by atoms with E-state index in [1.807, 2.05) is 4.57 Å². The van der Waals surface area contributed by atoms with Gasteiger partial charge in [0, 0.05) is 6.54 Å². The molecule has 0 aliphatic carbocycles. The van der Waals surface area contributed by atoms with Crippen molar-refractivity contribution >= 4 is 0 Å². The number of hydrogen-bond donors (Lipinski definition) is 1. The minimum absolute atomic E-state index is 0.0408. The first-order valence-corrected chi connectivity index (χ1v) is 4.92. The molecule has 0 spiro atoms. The van der Waals surface area contributed by atoms with E-state index in [-0.39, 0.29) is 6.04 Å². The normalized spacial score (nSPS) is 13.2. The smallest absolute Gasteiger partial charge is 0.149 e. The first-order chi connectivity index (χ1) is 6.29. The van der Waals surface area contributed by atoms with E-state index in [2.05, 4.69) is 24.0 Å². The maximum Gasteiger partial charge on any atom is 0.149 e. The molecule has 0 fully saturated rings. The van der Waals surface area contributed by atoms with E-state index in [1.165, 1.54) is 0 Å². The van der Waals surface area contributed by atoms with E-state index >= 15 is 0 Å². The molecule has 0 unspecified atom stereocenters. The van der Waals surface area contributed by atoms with Gasteiger partial charge in [-0.05, 0) is 12.8 Å². The summed E-state index contributed by atoms with van der Waals surface area (Å²) < 4.78 is 2.04. The van der Waals surface area contributed by atoms with Gasteiger partial charge in [-0.2, -0.15) is 0 Å². The number of aromatic nitrogens is 3. The minimum Gasteiger partial charge on any atom is -0.321 e. The van der Waals surface area contributed by atoms with Crippen LogP contribution in [-0.4, -0.2) is 14.8 Å². The third kappa shape index (κ3) is 2.52. The number of rotatable bonds is 5. The molecule has 0 aliphatic heterocycles. The number of aryl methyl sites for hydroxylation is 1. The summed E-state index contributed by atoms with van der Waals surface area (Å²) in [6, 6.07) is 0.0408. The van der Waals surface area contributed by atoms with Crippen LogP contribution in [-0.2, 0) is 6.54 Å². The molecule has 1 aromatic rings. The van der Waals surface area contributed by atoms with Crippen molar-refractivity contribution in [2.24, 2.45) is 5.73 Å². The Balaban J connectivity index is 2.68. The van der Waals surface area contributed by atoms with E-state index in [9.17, 15) is 0 Å². The van der Waals surface area contributed by atoms with Crippen LogP contribution in [0.4, 0.5) is 0 Å². The predicted octanol–water partition coefficient (Wildman–Crippen LogP) is 1.49. The van der Waals surface area contributed by atoms with Gasteiger partial charge in [-0.25, -0.2) is 0 Å². The Hall–Kier alpha value is -0.900. The van der Waals surface area contributed by atoms with Gasteiger partial charge in [-0.3, -0.25) is 0 Å². The first kappa shape index (κ1) is 10.2. The van der Waals surface area contributed by atoms with Gasteiger partial charge in [0.05, 0.1) is 6.04 Å². The molecule has 0 aliphatic rings. The molecule has 4 nitrogen and oxygen atoms in total. The minimum atomic E-state index is 0.0408. The average Bonchev–Trinajstić information content (AvgIpc) is 2.54. The molecule has 0 aromatic carbocycles. The molecule has 0 saturated heterocycles. The lowest BCUT2D eigenvalue weighted by Gasteiger charge is -2.10. The fraction of sp³-hybridized carbons (Fsp3) is 0.778. The van der Waals surface area contributed by atoms with Crippen molar-refractivity contribution < 1.29 is 0 Å². The van der Waals surface area contributed by atoms with Gasteiger partial charge in [0.15, 0.2) is 0 Å². The van der Waals surface area contributed by atoms with E-state index in [0.29, 0.717) is 0 Å². The summed E-state index contributed by atoms with van der Waals surface area (Å²) in [6.07, 6.45) is 4.90. The highest BCUT2D eigenvalue weighted by Crippen LogP contribution is 2.12. The SMILES string of the molecule is CCC[C@H](N)c1nncn1CCC. The second-order valence-electron chi connectivity index (χ2n) is 3.28. The van der Waals surface area contributed by atoms with Crippen LogP contribution in [0.3, 0.4) is 0 Å². The van der Waals surface area contributed by atoms with Gasteiger partial charge in [-0.1, -0.05) is 20.3 Å². The Labute approximate surface area is 79.2 Å². The third-order valence-electron chi connectivity index (χ3n) is 2.04. The zero-order valence-corrected chi connectivity index (χ0v) is 8.40. The Morgan fingerprint density at radius 3 is 2.85 bits per heavy atom. The Kier molecular flexibility index (Phi) is 3.89. The fourth-order valence-electron chi connectivity index (χ4n) is 1.40. The number of nitrogens with zero attached hydrogens (tertiary/aromatic N) is 3. The van der Waals surface area contributed by atoms with Crippen molar-refractivity contribution in [1.82, 2.24) is 14.8 Å². The lowest BCUT2D eigenvalue weighted by molar-refractivity contribution is 0.544. The molecule has 0 bridgehead atoms. The molecule has 1 heterocycles. The second-order valence-corrected chi connectivity index (χ2v) is 3.28. The van der Waals surface area contributed by atoms with Crippen LogP contribution >= 0.6 is 0 Å². The van der Waals surface area contributed by atoms with Crippen molar-refractivity contribution in [3.05, 3.63) is 12.2 Å². The lowest BCUT2D eigenvalue weighted by atomic mass is 10.2. The zero-order valence-electron chi connectivity index (χ0n) is 8.40. The molecule has 1 atom stereocenters. The van der Waals surface area contributed by atoms with Crippen molar-refractivity contribution in [2.75, 3.05) is 0 Å². The standard InChI is InChI=1S/C9H18N4/c1-3-5-8(10)9-12-11-7-13(9)6-4-2/h7-8H,3-6,10H2,1-2H3/t8-/m0/s1. The molecule has 0 radical (unpaired) electrons. The molecular formula is C9H18N4. The topological polar surface area (TPSA) is 56.7 Å². The van der Waals surface area contributed by atoms with Crippen LogP contribution in [0.25, 0.3) is 0 Å². The van der Waals surface area contributed by atoms with Crippen LogP contribution in [0.2, 0.25) is 0 Å². The van der Waals surface area contributed by atoms with Crippen LogP contribution in [0, 0.1) is 0 Å². The molecule has 2 N–H and O–H groups in total. The quantitative estimate of drug-likeness (QED) is 0.750. The Morgan fingerprint density at radius 2 is 2.23 bits per heavy atom. The Bertz CT molecular complexity index is 244. The van der Waals surface area contributed by atoms with Gasteiger partial charge < -0.3 is 10.3 Å². The summed E-state index contributed by atoms with van der Waals surface area (Å²) >= 11 is 0. The first-order valence-electron chi connectivity index (χ1n) is 4.92. The van der Waals surface area contributed by atoms with Crippen molar-refractivity contribution in [2.45, 2.75) is 45.7 Å². The molecule has 0 saturated carbocycles. The van der Waals surface area contributed by atoms with Crippen molar-refractivity contribution in [1.29, 1.82) is 0 Å². The molecule has 1 rings (SSSR count). The molecule has 1 aromatic heterocycles. The van der Waals surface area contributed by atoms with Gasteiger partial charge in [0.2, 0.25) is 0 Å². The van der Waals surface area contributed by atoms with Crippen molar-refractivity contribution in [3.8, 4) is 0 Å². The Morgan fingerprint density at radius 1 is 1.46 bits per heavy atom. The van der Waals surface area contributed by atoms with E-state index in [0.717, 1.165) is 31.6 Å². The lowest BCUT2D eigenvalue weighted by Crippen LogP contribution is -2.16. The highest BCUT2D eigenvalue weighted by atomic mass is 15.3. The highest BCUT2D eigenvalue weighted by Gasteiger charge is 2.11. The van der Waals surface area contributed by atoms with E-state index < -0.39 is 0 Å². The van der Waals surface area contributed by atoms with Crippen LogP contribution in [0.15, 0.2) is 6.33 Å². The number of nitrogens with two attached hydrogens (primary N) is 1. The number of hydrogen-bond acceptors (Lipinski definition) is 3. The molecule has 4 heteroatoms. The van der Waals surface area contributed by atoms with Gasteiger partial charge >= 0.3 is 0 Å².